The van der Waals surface area contributed by atoms with E-state index in [9.17, 15) is 26.4 Å². The zero-order chi connectivity index (χ0) is 31.9. The first-order valence-electron chi connectivity index (χ1n) is 13.4. The molecule has 0 amide bonds. The van der Waals surface area contributed by atoms with Gasteiger partial charge in [0.25, 0.3) is 0 Å². The van der Waals surface area contributed by atoms with Crippen molar-refractivity contribution in [1.29, 1.82) is 0 Å². The number of hydrogen-bond donors (Lipinski definition) is 3. The minimum Gasteiger partial charge on any atom is -0.857 e. The van der Waals surface area contributed by atoms with Gasteiger partial charge in [0.2, 0.25) is 20.0 Å². The molecule has 2 aliphatic carbocycles. The number of methoxy groups -OCH3 is 2. The Morgan fingerprint density at radius 2 is 0.854 bits per heavy atom. The van der Waals surface area contributed by atoms with E-state index >= 15 is 0 Å². The summed E-state index contributed by atoms with van der Waals surface area (Å²) in [6.07, 6.45) is 5.50. The average molecular weight is 641 g/mol. The van der Waals surface area contributed by atoms with Crippen LogP contribution in [0.2, 0.25) is 0 Å². The Morgan fingerprint density at radius 3 is 1.02 bits per heavy atom. The van der Waals surface area contributed by atoms with Crippen molar-refractivity contribution in [3.8, 4) is 0 Å². The predicted octanol–water partition coefficient (Wildman–Crippen LogP) is -1.54. The molecule has 15 heteroatoms. The van der Waals surface area contributed by atoms with Crippen LogP contribution in [-0.2, 0) is 39.1 Å². The Labute approximate surface area is 270 Å². The molecule has 0 unspecified atom stereocenters. The van der Waals surface area contributed by atoms with Gasteiger partial charge in [-0.25, -0.2) is 26.3 Å². The van der Waals surface area contributed by atoms with Crippen molar-refractivity contribution < 1.29 is 75.7 Å². The number of nitrogens with one attached hydrogen (secondary N) is 2. The van der Waals surface area contributed by atoms with Crippen LogP contribution in [0, 0.1) is 11.8 Å². The molecule has 0 heterocycles. The maximum absolute atomic E-state index is 12.0. The van der Waals surface area contributed by atoms with E-state index in [1.165, 1.54) is 14.2 Å². The first-order valence-corrected chi connectivity index (χ1v) is 16.4. The SMILES string of the molecule is CO.COC(=O)C1CCC(NS(=O)(=O)C(C)(C)C)CC1.COC(=O)C1CCC(NS(=O)(=O)C(C)(C)C)CC1.C[O-].[Na+]. The van der Waals surface area contributed by atoms with Crippen LogP contribution in [0.3, 0.4) is 0 Å². The summed E-state index contributed by atoms with van der Waals surface area (Å²) >= 11 is 0. The van der Waals surface area contributed by atoms with Crippen molar-refractivity contribution >= 4 is 32.0 Å². The van der Waals surface area contributed by atoms with Gasteiger partial charge in [-0.05, 0) is 92.9 Å². The van der Waals surface area contributed by atoms with Gasteiger partial charge >= 0.3 is 41.5 Å². The van der Waals surface area contributed by atoms with Crippen molar-refractivity contribution in [3.63, 3.8) is 0 Å². The minimum atomic E-state index is -3.31. The maximum atomic E-state index is 12.0. The van der Waals surface area contributed by atoms with Crippen molar-refractivity contribution in [2.24, 2.45) is 11.8 Å². The molecule has 0 aromatic carbocycles. The molecule has 0 aromatic rings. The maximum Gasteiger partial charge on any atom is 1.00 e. The van der Waals surface area contributed by atoms with Crippen LogP contribution in [0.4, 0.5) is 0 Å². The first kappa shape index (κ1) is 45.1. The number of aliphatic hydroxyl groups excluding tert-OH is 1. The summed E-state index contributed by atoms with van der Waals surface area (Å²) in [5.74, 6) is -0.532. The zero-order valence-corrected chi connectivity index (χ0v) is 30.5. The van der Waals surface area contributed by atoms with Crippen LogP contribution in [0.15, 0.2) is 0 Å². The number of ether oxygens (including phenoxy) is 2. The van der Waals surface area contributed by atoms with Crippen LogP contribution in [-0.4, -0.2) is 83.9 Å². The Hall–Kier alpha value is -0.320. The summed E-state index contributed by atoms with van der Waals surface area (Å²) in [7, 11) is -2.09. The molecule has 2 rings (SSSR count). The van der Waals surface area contributed by atoms with Gasteiger partial charge in [-0.15, -0.1) is 0 Å². The van der Waals surface area contributed by atoms with Crippen LogP contribution in [0.1, 0.15) is 92.9 Å². The molecule has 240 valence electrons. The monoisotopic (exact) mass is 640 g/mol. The third-order valence-electron chi connectivity index (χ3n) is 6.78. The standard InChI is InChI=1S/2C12H23NO4S.CH4O.CH3O.Na/c2*1-12(2,3)18(15,16)13-10-7-5-9(6-8-10)11(14)17-4;2*1-2;/h2*9-10,13H,5-8H2,1-4H3;2H,1H3;1H3;/q;;;-1;+1. The second-order valence-corrected chi connectivity index (χ2v) is 16.5. The third kappa shape index (κ3) is 15.8. The Balaban J connectivity index is -0.000000614. The van der Waals surface area contributed by atoms with E-state index in [1.54, 1.807) is 41.5 Å². The Bertz CT molecular complexity index is 868. The van der Waals surface area contributed by atoms with E-state index < -0.39 is 29.5 Å². The van der Waals surface area contributed by atoms with Gasteiger partial charge in [0.15, 0.2) is 0 Å². The quantitative estimate of drug-likeness (QED) is 0.227. The molecular weight excluding hydrogens is 587 g/mol. The molecule has 2 aliphatic rings. The number of carbonyl (C=O) groups excluding carboxylic acids is 2. The summed E-state index contributed by atoms with van der Waals surface area (Å²) in [6, 6.07) is -0.120. The topological polar surface area (TPSA) is 188 Å². The van der Waals surface area contributed by atoms with Crippen molar-refractivity contribution in [1.82, 2.24) is 9.44 Å². The summed E-state index contributed by atoms with van der Waals surface area (Å²) in [5.41, 5.74) is 0. The Morgan fingerprint density at radius 1 is 0.634 bits per heavy atom. The molecule has 0 aromatic heterocycles. The number of carbonyl (C=O) groups is 2. The molecule has 0 radical (unpaired) electrons. The van der Waals surface area contributed by atoms with Crippen LogP contribution >= 0.6 is 0 Å². The zero-order valence-electron chi connectivity index (χ0n) is 26.9. The number of hydrogen-bond acceptors (Lipinski definition) is 10. The van der Waals surface area contributed by atoms with Gasteiger partial charge in [0, 0.05) is 19.2 Å². The fourth-order valence-electron chi connectivity index (χ4n) is 4.02. The number of aliphatic hydroxyl groups is 1. The van der Waals surface area contributed by atoms with Crippen LogP contribution in [0.5, 0.6) is 0 Å². The molecule has 41 heavy (non-hydrogen) atoms. The fourth-order valence-corrected chi connectivity index (χ4v) is 6.08. The van der Waals surface area contributed by atoms with Crippen LogP contribution in [0.25, 0.3) is 0 Å². The van der Waals surface area contributed by atoms with E-state index in [2.05, 4.69) is 9.44 Å². The summed E-state index contributed by atoms with van der Waals surface area (Å²) in [4.78, 5) is 22.7. The van der Waals surface area contributed by atoms with E-state index in [0.717, 1.165) is 14.2 Å². The van der Waals surface area contributed by atoms with E-state index in [1.807, 2.05) is 0 Å². The van der Waals surface area contributed by atoms with Gasteiger partial charge in [-0.3, -0.25) is 9.59 Å². The van der Waals surface area contributed by atoms with Gasteiger partial charge in [0.1, 0.15) is 0 Å². The summed E-state index contributed by atoms with van der Waals surface area (Å²) < 4.78 is 61.2. The molecule has 0 bridgehead atoms. The number of rotatable bonds is 6. The van der Waals surface area contributed by atoms with Gasteiger partial charge < -0.3 is 19.7 Å². The number of sulfonamides is 2. The first-order chi connectivity index (χ1) is 18.3. The predicted molar refractivity (Wildman–Crippen MR) is 153 cm³/mol. The minimum absolute atomic E-state index is 0. The molecule has 0 spiro atoms. The molecular formula is C26H53N2NaO10S2. The van der Waals surface area contributed by atoms with Crippen molar-refractivity contribution in [2.75, 3.05) is 28.4 Å². The number of esters is 2. The molecule has 2 fully saturated rings. The average Bonchev–Trinajstić information content (AvgIpc) is 2.89. The van der Waals surface area contributed by atoms with Crippen molar-refractivity contribution in [3.05, 3.63) is 0 Å². The third-order valence-corrected chi connectivity index (χ3v) is 11.3. The van der Waals surface area contributed by atoms with Gasteiger partial charge in [-0.1, -0.05) is 0 Å². The van der Waals surface area contributed by atoms with Crippen LogP contribution < -0.4 is 44.1 Å². The fraction of sp³-hybridized carbons (Fsp3) is 0.923. The smallest absolute Gasteiger partial charge is 0.857 e. The molecule has 2 saturated carbocycles. The second kappa shape index (κ2) is 20.6. The molecule has 3 N–H and O–H groups in total. The van der Waals surface area contributed by atoms with E-state index in [-0.39, 0.29) is 65.4 Å². The summed E-state index contributed by atoms with van der Waals surface area (Å²) in [5, 5.41) is 15.2. The molecule has 12 nitrogen and oxygen atoms in total. The van der Waals surface area contributed by atoms with Gasteiger partial charge in [0.05, 0.1) is 35.5 Å². The summed E-state index contributed by atoms with van der Waals surface area (Å²) in [6.45, 7) is 10.1. The van der Waals surface area contributed by atoms with E-state index in [0.29, 0.717) is 51.4 Å². The van der Waals surface area contributed by atoms with E-state index in [4.69, 9.17) is 19.7 Å². The van der Waals surface area contributed by atoms with Crippen molar-refractivity contribution in [2.45, 2.75) is 114 Å². The second-order valence-electron chi connectivity index (χ2n) is 11.6. The molecule has 0 aliphatic heterocycles. The molecule has 0 saturated heterocycles. The Kier molecular flexibility index (Phi) is 22.7. The molecule has 0 atom stereocenters. The largest absolute Gasteiger partial charge is 1.00 e. The normalized spacial score (nSPS) is 22.9. The van der Waals surface area contributed by atoms with Gasteiger partial charge in [-0.2, -0.15) is 7.11 Å².